The second kappa shape index (κ2) is 6.87. The van der Waals surface area contributed by atoms with E-state index in [1.807, 2.05) is 0 Å². The molecule has 0 saturated carbocycles. The summed E-state index contributed by atoms with van der Waals surface area (Å²) in [6.45, 7) is 0. The second-order valence-corrected chi connectivity index (χ2v) is 1.37. The Labute approximate surface area is 108 Å². The minimum Gasteiger partial charge on any atom is -0.373 e. The number of nitrogens with zero attached hydrogens (tertiary/aromatic N) is 2. The first kappa shape index (κ1) is 13.8. The number of hydrogen-bond acceptors (Lipinski definition) is 3. The minimum atomic E-state index is -0.633. The van der Waals surface area contributed by atoms with E-state index in [4.69, 9.17) is 5.73 Å². The van der Waals surface area contributed by atoms with Gasteiger partial charge in [-0.15, -0.1) is 6.07 Å². The third kappa shape index (κ3) is 4.60. The topological polar surface area (TPSA) is 68.9 Å². The van der Waals surface area contributed by atoms with Crippen molar-refractivity contribution in [2.45, 2.75) is 0 Å². The Morgan fingerprint density at radius 3 is 2.55 bits per heavy atom. The molecule has 54 valence electrons. The van der Waals surface area contributed by atoms with Crippen molar-refractivity contribution in [2.24, 2.45) is 5.73 Å². The Balaban J connectivity index is 0. The van der Waals surface area contributed by atoms with E-state index < -0.39 is 5.91 Å². The molecule has 0 atom stereocenters. The molecule has 0 unspecified atom stereocenters. The van der Waals surface area contributed by atoms with Gasteiger partial charge in [-0.05, 0) is 0 Å². The maximum absolute atomic E-state index is 10.3. The molecule has 1 rings (SSSR count). The number of carbonyl (C=O) groups is 1. The summed E-state index contributed by atoms with van der Waals surface area (Å²) in [6, 6.07) is 1.49. The fourth-order valence-corrected chi connectivity index (χ4v) is 0.387. The molecule has 0 fully saturated rings. The van der Waals surface area contributed by atoms with Crippen molar-refractivity contribution < 1.29 is 56.2 Å². The van der Waals surface area contributed by atoms with Gasteiger partial charge in [-0.1, -0.05) is 12.4 Å². The molecule has 0 aliphatic rings. The van der Waals surface area contributed by atoms with Gasteiger partial charge in [-0.2, -0.15) is 0 Å². The normalized spacial score (nSPS) is 7.27. The van der Waals surface area contributed by atoms with E-state index in [1.54, 1.807) is 0 Å². The standard InChI is InChI=1S/C5H4N3O.CH3.K/c6-4(9)5-7-2-1-3-8-5;;/h1-2H,(H2,6,9);1H3;/q2*-1;+1. The number of rotatable bonds is 1. The predicted molar refractivity (Wildman–Crippen MR) is 35.8 cm³/mol. The molecule has 0 spiro atoms. The van der Waals surface area contributed by atoms with Gasteiger partial charge < -0.3 is 23.1 Å². The molecule has 0 radical (unpaired) electrons. The van der Waals surface area contributed by atoms with E-state index in [0.29, 0.717) is 0 Å². The van der Waals surface area contributed by atoms with Gasteiger partial charge >= 0.3 is 51.4 Å². The number of amides is 1. The van der Waals surface area contributed by atoms with Crippen LogP contribution in [0.25, 0.3) is 0 Å². The van der Waals surface area contributed by atoms with Crippen molar-refractivity contribution >= 4 is 5.91 Å². The second-order valence-electron chi connectivity index (χ2n) is 1.37. The molecule has 1 heterocycles. The molecule has 0 aromatic carbocycles. The van der Waals surface area contributed by atoms with Crippen LogP contribution in [0.3, 0.4) is 0 Å². The Bertz CT molecular complexity index is 214. The average Bonchev–Trinajstić information content (AvgIpc) is 1.90. The molecule has 11 heavy (non-hydrogen) atoms. The molecule has 0 aliphatic carbocycles. The summed E-state index contributed by atoms with van der Waals surface area (Å²) in [7, 11) is 0. The van der Waals surface area contributed by atoms with Gasteiger partial charge in [0.25, 0.3) is 0 Å². The summed E-state index contributed by atoms with van der Waals surface area (Å²) >= 11 is 0. The summed E-state index contributed by atoms with van der Waals surface area (Å²) in [5, 5.41) is 0. The fraction of sp³-hybridized carbons (Fsp3) is 0. The Kier molecular flexibility index (Phi) is 8.59. The van der Waals surface area contributed by atoms with Gasteiger partial charge in [0.15, 0.2) is 0 Å². The first-order valence-corrected chi connectivity index (χ1v) is 2.29. The summed E-state index contributed by atoms with van der Waals surface area (Å²) in [5.41, 5.74) is 4.83. The molecule has 1 amide bonds. The molecule has 2 N–H and O–H groups in total. The first-order chi connectivity index (χ1) is 4.30. The number of nitrogens with two attached hydrogens (primary N) is 1. The molecule has 0 saturated heterocycles. The fourth-order valence-electron chi connectivity index (χ4n) is 0.387. The molecule has 4 nitrogen and oxygen atoms in total. The minimum absolute atomic E-state index is 0. The van der Waals surface area contributed by atoms with Crippen LogP contribution in [0.4, 0.5) is 0 Å². The van der Waals surface area contributed by atoms with Crippen molar-refractivity contribution in [3.05, 3.63) is 31.7 Å². The largest absolute Gasteiger partial charge is 1.00 e. The Hall–Kier alpha value is 0.186. The first-order valence-electron chi connectivity index (χ1n) is 2.29. The van der Waals surface area contributed by atoms with E-state index in [-0.39, 0.29) is 64.6 Å². The molecule has 1 aromatic heterocycles. The van der Waals surface area contributed by atoms with Gasteiger partial charge in [0, 0.05) is 0 Å². The van der Waals surface area contributed by atoms with E-state index >= 15 is 0 Å². The molecule has 1 aromatic rings. The van der Waals surface area contributed by atoms with Gasteiger partial charge in [0.05, 0.1) is 0 Å². The molecular weight excluding hydrogens is 169 g/mol. The number of carbonyl (C=O) groups excluding carboxylic acids is 1. The third-order valence-electron chi connectivity index (χ3n) is 0.737. The zero-order chi connectivity index (χ0) is 6.69. The number of hydrogen-bond donors (Lipinski definition) is 1. The molecule has 5 heteroatoms. The summed E-state index contributed by atoms with van der Waals surface area (Å²) in [6.07, 6.45) is 3.84. The van der Waals surface area contributed by atoms with Crippen LogP contribution in [0.2, 0.25) is 0 Å². The van der Waals surface area contributed by atoms with Crippen LogP contribution in [0, 0.1) is 13.6 Å². The van der Waals surface area contributed by atoms with E-state index in [9.17, 15) is 4.79 Å². The van der Waals surface area contributed by atoms with Crippen LogP contribution in [0.1, 0.15) is 10.6 Å². The smallest absolute Gasteiger partial charge is 0.373 e. The maximum Gasteiger partial charge on any atom is 1.00 e. The van der Waals surface area contributed by atoms with Crippen molar-refractivity contribution in [1.82, 2.24) is 9.97 Å². The van der Waals surface area contributed by atoms with Crippen LogP contribution in [0.15, 0.2) is 12.3 Å². The van der Waals surface area contributed by atoms with Gasteiger partial charge in [-0.3, -0.25) is 4.79 Å². The van der Waals surface area contributed by atoms with Crippen molar-refractivity contribution in [3.63, 3.8) is 0 Å². The van der Waals surface area contributed by atoms with Crippen molar-refractivity contribution in [2.75, 3.05) is 0 Å². The predicted octanol–water partition coefficient (Wildman–Crippen LogP) is -3.17. The summed E-state index contributed by atoms with van der Waals surface area (Å²) < 4.78 is 0. The van der Waals surface area contributed by atoms with E-state index in [1.165, 1.54) is 12.3 Å². The SMILES string of the molecule is NC(=O)c1n[c-]ccn1.[CH3-].[K+]. The molecule has 0 aliphatic heterocycles. The van der Waals surface area contributed by atoms with Crippen LogP contribution >= 0.6 is 0 Å². The zero-order valence-corrected chi connectivity index (χ0v) is 9.66. The summed E-state index contributed by atoms with van der Waals surface area (Å²) in [4.78, 5) is 17.3. The molecular formula is C6H7KN3O-. The van der Waals surface area contributed by atoms with Crippen LogP contribution in [-0.2, 0) is 0 Å². The van der Waals surface area contributed by atoms with E-state index in [0.717, 1.165) is 0 Å². The maximum atomic E-state index is 10.3. The Morgan fingerprint density at radius 1 is 1.64 bits per heavy atom. The van der Waals surface area contributed by atoms with Crippen LogP contribution in [0.5, 0.6) is 0 Å². The van der Waals surface area contributed by atoms with Gasteiger partial charge in [0.2, 0.25) is 5.91 Å². The van der Waals surface area contributed by atoms with Crippen LogP contribution in [-0.4, -0.2) is 15.9 Å². The number of aromatic nitrogens is 2. The summed E-state index contributed by atoms with van der Waals surface area (Å²) in [5.74, 6) is -0.635. The van der Waals surface area contributed by atoms with Crippen molar-refractivity contribution in [1.29, 1.82) is 0 Å². The molecule has 0 bridgehead atoms. The zero-order valence-electron chi connectivity index (χ0n) is 6.53. The van der Waals surface area contributed by atoms with Crippen LogP contribution < -0.4 is 57.1 Å². The number of primary amides is 1. The van der Waals surface area contributed by atoms with E-state index in [2.05, 4.69) is 16.2 Å². The monoisotopic (exact) mass is 176 g/mol. The van der Waals surface area contributed by atoms with Gasteiger partial charge in [-0.25, -0.2) is 0 Å². The van der Waals surface area contributed by atoms with Crippen molar-refractivity contribution in [3.8, 4) is 0 Å². The average molecular weight is 176 g/mol. The quantitative estimate of drug-likeness (QED) is 0.362. The third-order valence-corrected chi connectivity index (χ3v) is 0.737. The Morgan fingerprint density at radius 2 is 2.27 bits per heavy atom. The van der Waals surface area contributed by atoms with Gasteiger partial charge in [0.1, 0.15) is 5.82 Å².